The minimum Gasteiger partial charge on any atom is -0.397 e. The Bertz CT molecular complexity index is 327. The maximum atomic E-state index is 12.6. The summed E-state index contributed by atoms with van der Waals surface area (Å²) in [6, 6.07) is 3.38. The van der Waals surface area contributed by atoms with Crippen LogP contribution in [0.1, 0.15) is 0 Å². The lowest BCUT2D eigenvalue weighted by Crippen LogP contribution is -2.24. The first-order valence-electron chi connectivity index (χ1n) is 3.67. The number of benzene rings is 1. The molecule has 4 nitrogen and oxygen atoms in total. The van der Waals surface area contributed by atoms with E-state index < -0.39 is 11.8 Å². The highest BCUT2D eigenvalue weighted by atomic mass is 19.1. The van der Waals surface area contributed by atoms with Crippen LogP contribution >= 0.6 is 0 Å². The van der Waals surface area contributed by atoms with Crippen LogP contribution in [0, 0.1) is 5.82 Å². The molecule has 0 heterocycles. The molecular formula is C8H10FN3O. The van der Waals surface area contributed by atoms with Crippen molar-refractivity contribution in [1.82, 2.24) is 5.32 Å². The number of anilines is 2. The largest absolute Gasteiger partial charge is 0.397 e. The molecule has 1 aromatic rings. The second-order valence-corrected chi connectivity index (χ2v) is 2.44. The van der Waals surface area contributed by atoms with Crippen LogP contribution in [-0.2, 0) is 0 Å². The van der Waals surface area contributed by atoms with E-state index in [9.17, 15) is 9.18 Å². The van der Waals surface area contributed by atoms with E-state index in [1.807, 2.05) is 0 Å². The molecule has 0 unspecified atom stereocenters. The number of hydrogen-bond donors (Lipinski definition) is 3. The summed E-state index contributed by atoms with van der Waals surface area (Å²) in [6.07, 6.45) is 0. The molecule has 0 spiro atoms. The zero-order valence-electron chi connectivity index (χ0n) is 7.10. The Hall–Kier alpha value is -1.78. The van der Waals surface area contributed by atoms with Crippen LogP contribution in [0.25, 0.3) is 0 Å². The molecule has 13 heavy (non-hydrogen) atoms. The fraction of sp³-hybridized carbons (Fsp3) is 0.125. The van der Waals surface area contributed by atoms with Gasteiger partial charge in [-0.2, -0.15) is 0 Å². The minimum absolute atomic E-state index is 0.198. The highest BCUT2D eigenvalue weighted by Gasteiger charge is 2.03. The van der Waals surface area contributed by atoms with Gasteiger partial charge in [0.2, 0.25) is 0 Å². The van der Waals surface area contributed by atoms with E-state index >= 15 is 0 Å². The summed E-state index contributed by atoms with van der Waals surface area (Å²) in [5.41, 5.74) is 6.03. The lowest BCUT2D eigenvalue weighted by atomic mass is 10.2. The second-order valence-electron chi connectivity index (χ2n) is 2.44. The van der Waals surface area contributed by atoms with Gasteiger partial charge in [-0.3, -0.25) is 0 Å². The van der Waals surface area contributed by atoms with Gasteiger partial charge in [0.15, 0.2) is 0 Å². The van der Waals surface area contributed by atoms with Crippen LogP contribution in [0.5, 0.6) is 0 Å². The van der Waals surface area contributed by atoms with Crippen molar-refractivity contribution in [1.29, 1.82) is 0 Å². The Labute approximate surface area is 74.9 Å². The number of rotatable bonds is 1. The quantitative estimate of drug-likeness (QED) is 0.572. The molecular weight excluding hydrogens is 173 g/mol. The van der Waals surface area contributed by atoms with Crippen LogP contribution in [0.3, 0.4) is 0 Å². The zero-order chi connectivity index (χ0) is 9.84. The number of carbonyl (C=O) groups is 1. The summed E-state index contributed by atoms with van der Waals surface area (Å²) >= 11 is 0. The first-order valence-corrected chi connectivity index (χ1v) is 3.67. The first-order chi connectivity index (χ1) is 6.13. The maximum absolute atomic E-state index is 12.6. The number of nitrogen functional groups attached to an aromatic ring is 1. The van der Waals surface area contributed by atoms with E-state index in [1.54, 1.807) is 0 Å². The number of hydrogen-bond acceptors (Lipinski definition) is 2. The van der Waals surface area contributed by atoms with Crippen molar-refractivity contribution >= 4 is 17.4 Å². The van der Waals surface area contributed by atoms with Gasteiger partial charge in [0.05, 0.1) is 11.4 Å². The Morgan fingerprint density at radius 2 is 2.23 bits per heavy atom. The van der Waals surface area contributed by atoms with Crippen LogP contribution in [-0.4, -0.2) is 13.1 Å². The topological polar surface area (TPSA) is 67.2 Å². The van der Waals surface area contributed by atoms with E-state index in [-0.39, 0.29) is 5.69 Å². The van der Waals surface area contributed by atoms with Gasteiger partial charge in [-0.15, -0.1) is 0 Å². The zero-order valence-corrected chi connectivity index (χ0v) is 7.10. The Balaban J connectivity index is 2.83. The molecule has 0 aromatic heterocycles. The SMILES string of the molecule is CNC(=O)Nc1ccc(F)cc1N. The molecule has 0 saturated heterocycles. The van der Waals surface area contributed by atoms with Crippen LogP contribution < -0.4 is 16.4 Å². The number of halogens is 1. The monoisotopic (exact) mass is 183 g/mol. The highest BCUT2D eigenvalue weighted by molar-refractivity contribution is 5.92. The third-order valence-electron chi connectivity index (χ3n) is 1.49. The van der Waals surface area contributed by atoms with Crippen molar-refractivity contribution < 1.29 is 9.18 Å². The van der Waals surface area contributed by atoms with Crippen molar-refractivity contribution in [3.8, 4) is 0 Å². The Morgan fingerprint density at radius 1 is 1.54 bits per heavy atom. The van der Waals surface area contributed by atoms with Gasteiger partial charge in [0.25, 0.3) is 0 Å². The number of urea groups is 1. The summed E-state index contributed by atoms with van der Waals surface area (Å²) < 4.78 is 12.6. The number of carbonyl (C=O) groups excluding carboxylic acids is 1. The average molecular weight is 183 g/mol. The van der Waals surface area contributed by atoms with E-state index in [0.717, 1.165) is 6.07 Å². The van der Waals surface area contributed by atoms with Gasteiger partial charge in [-0.1, -0.05) is 0 Å². The maximum Gasteiger partial charge on any atom is 0.319 e. The van der Waals surface area contributed by atoms with Gasteiger partial charge in [0, 0.05) is 7.05 Å². The molecule has 5 heteroatoms. The highest BCUT2D eigenvalue weighted by Crippen LogP contribution is 2.18. The number of amides is 2. The predicted molar refractivity (Wildman–Crippen MR) is 48.9 cm³/mol. The first kappa shape index (κ1) is 9.31. The molecule has 0 aliphatic rings. The van der Waals surface area contributed by atoms with Gasteiger partial charge >= 0.3 is 6.03 Å². The van der Waals surface area contributed by atoms with E-state index in [2.05, 4.69) is 10.6 Å². The van der Waals surface area contributed by atoms with Crippen LogP contribution in [0.15, 0.2) is 18.2 Å². The standard InChI is InChI=1S/C8H10FN3O/c1-11-8(13)12-7-3-2-5(9)4-6(7)10/h2-4H,10H2,1H3,(H2,11,12,13). The average Bonchev–Trinajstić information content (AvgIpc) is 2.09. The molecule has 1 aromatic carbocycles. The van der Waals surface area contributed by atoms with Crippen molar-refractivity contribution in [3.63, 3.8) is 0 Å². The molecule has 70 valence electrons. The molecule has 2 amide bonds. The molecule has 0 radical (unpaired) electrons. The summed E-state index contributed by atoms with van der Waals surface area (Å²) in [5, 5.41) is 4.80. The van der Waals surface area contributed by atoms with Crippen molar-refractivity contribution in [2.45, 2.75) is 0 Å². The third-order valence-corrected chi connectivity index (χ3v) is 1.49. The van der Waals surface area contributed by atoms with Gasteiger partial charge in [-0.05, 0) is 18.2 Å². The summed E-state index contributed by atoms with van der Waals surface area (Å²) in [4.78, 5) is 10.8. The molecule has 0 fully saturated rings. The smallest absolute Gasteiger partial charge is 0.319 e. The third kappa shape index (κ3) is 2.33. The van der Waals surface area contributed by atoms with Crippen LogP contribution in [0.4, 0.5) is 20.6 Å². The summed E-state index contributed by atoms with van der Waals surface area (Å²) in [5.74, 6) is -0.431. The van der Waals surface area contributed by atoms with Gasteiger partial charge in [-0.25, -0.2) is 9.18 Å². The lowest BCUT2D eigenvalue weighted by Gasteiger charge is -2.06. The second kappa shape index (κ2) is 3.75. The fourth-order valence-electron chi connectivity index (χ4n) is 0.832. The molecule has 1 rings (SSSR count). The Kier molecular flexibility index (Phi) is 2.69. The van der Waals surface area contributed by atoms with Gasteiger partial charge in [0.1, 0.15) is 5.82 Å². The van der Waals surface area contributed by atoms with Crippen molar-refractivity contribution in [3.05, 3.63) is 24.0 Å². The lowest BCUT2D eigenvalue weighted by molar-refractivity contribution is 0.254. The molecule has 0 bridgehead atoms. The number of nitrogens with one attached hydrogen (secondary N) is 2. The molecule has 0 aliphatic heterocycles. The normalized spacial score (nSPS) is 9.38. The number of nitrogens with two attached hydrogens (primary N) is 1. The molecule has 0 saturated carbocycles. The van der Waals surface area contributed by atoms with Crippen molar-refractivity contribution in [2.75, 3.05) is 18.1 Å². The van der Waals surface area contributed by atoms with E-state index in [4.69, 9.17) is 5.73 Å². The minimum atomic E-state index is -0.431. The summed E-state index contributed by atoms with van der Waals surface area (Å²) in [6.45, 7) is 0. The Morgan fingerprint density at radius 3 is 2.77 bits per heavy atom. The van der Waals surface area contributed by atoms with E-state index in [0.29, 0.717) is 5.69 Å². The van der Waals surface area contributed by atoms with Crippen molar-refractivity contribution in [2.24, 2.45) is 0 Å². The summed E-state index contributed by atoms with van der Waals surface area (Å²) in [7, 11) is 1.48. The van der Waals surface area contributed by atoms with E-state index in [1.165, 1.54) is 19.2 Å². The van der Waals surface area contributed by atoms with Crippen LogP contribution in [0.2, 0.25) is 0 Å². The molecule has 0 aliphatic carbocycles. The fourth-order valence-corrected chi connectivity index (χ4v) is 0.832. The molecule has 4 N–H and O–H groups in total. The molecule has 0 atom stereocenters. The van der Waals surface area contributed by atoms with Gasteiger partial charge < -0.3 is 16.4 Å². The predicted octanol–water partition coefficient (Wildman–Crippen LogP) is 1.16.